The maximum Gasteiger partial charge on any atom is 0.292 e. The Morgan fingerprint density at radius 2 is 2.05 bits per heavy atom. The van der Waals surface area contributed by atoms with Crippen LogP contribution in [0.2, 0.25) is 0 Å². The Morgan fingerprint density at radius 1 is 1.27 bits per heavy atom. The predicted octanol–water partition coefficient (Wildman–Crippen LogP) is 3.18. The number of amides is 1. The summed E-state index contributed by atoms with van der Waals surface area (Å²) < 4.78 is 0. The van der Waals surface area contributed by atoms with Gasteiger partial charge in [-0.2, -0.15) is 0 Å². The van der Waals surface area contributed by atoms with Crippen molar-refractivity contribution in [3.05, 3.63) is 62.8 Å². The summed E-state index contributed by atoms with van der Waals surface area (Å²) in [5.74, 6) is -0.413. The average molecular weight is 333 g/mol. The van der Waals surface area contributed by atoms with Gasteiger partial charge in [0.15, 0.2) is 5.11 Å². The third kappa shape index (κ3) is 4.47. The van der Waals surface area contributed by atoms with Crippen molar-refractivity contribution in [3.63, 3.8) is 0 Å². The first kappa shape index (κ1) is 15.8. The largest absolute Gasteiger partial charge is 0.327 e. The highest BCUT2D eigenvalue weighted by Gasteiger charge is 2.13. The first-order chi connectivity index (χ1) is 10.6. The number of para-hydroxylation sites is 2. The molecule has 0 fully saturated rings. The number of nitro groups is 1. The highest BCUT2D eigenvalue weighted by molar-refractivity contribution is 7.80. The molecule has 0 bridgehead atoms. The summed E-state index contributed by atoms with van der Waals surface area (Å²) in [5.41, 5.74) is 0.105. The van der Waals surface area contributed by atoms with Gasteiger partial charge in [0.1, 0.15) is 5.69 Å². The third-order valence-electron chi connectivity index (χ3n) is 2.53. The van der Waals surface area contributed by atoms with Crippen molar-refractivity contribution in [1.82, 2.24) is 5.32 Å². The molecule has 0 saturated heterocycles. The lowest BCUT2D eigenvalue weighted by Crippen LogP contribution is -2.33. The lowest BCUT2D eigenvalue weighted by atomic mass is 10.3. The van der Waals surface area contributed by atoms with Crippen LogP contribution in [0.5, 0.6) is 0 Å². The van der Waals surface area contributed by atoms with Gasteiger partial charge in [-0.05, 0) is 35.8 Å². The molecule has 0 aliphatic carbocycles. The zero-order valence-electron chi connectivity index (χ0n) is 11.2. The number of hydrogen-bond donors (Lipinski definition) is 2. The molecule has 22 heavy (non-hydrogen) atoms. The molecule has 2 rings (SSSR count). The molecule has 0 aliphatic rings. The van der Waals surface area contributed by atoms with Gasteiger partial charge in [0.2, 0.25) is 5.91 Å². The molecular formula is C14H11N3O3S2. The van der Waals surface area contributed by atoms with E-state index in [0.717, 1.165) is 4.88 Å². The molecule has 0 spiro atoms. The number of carbonyl (C=O) groups is 1. The Kier molecular flexibility index (Phi) is 5.34. The van der Waals surface area contributed by atoms with Crippen LogP contribution in [-0.2, 0) is 4.79 Å². The number of thiophene rings is 1. The van der Waals surface area contributed by atoms with Gasteiger partial charge in [0.05, 0.1) is 4.92 Å². The number of benzene rings is 1. The highest BCUT2D eigenvalue weighted by Crippen LogP contribution is 2.22. The van der Waals surface area contributed by atoms with E-state index < -0.39 is 10.8 Å². The summed E-state index contributed by atoms with van der Waals surface area (Å²) in [4.78, 5) is 23.0. The van der Waals surface area contributed by atoms with Crippen LogP contribution in [0.15, 0.2) is 47.9 Å². The van der Waals surface area contributed by atoms with Crippen LogP contribution in [0, 0.1) is 10.1 Å². The van der Waals surface area contributed by atoms with E-state index >= 15 is 0 Å². The van der Waals surface area contributed by atoms with Crippen LogP contribution in [0.3, 0.4) is 0 Å². The topological polar surface area (TPSA) is 84.3 Å². The molecule has 0 atom stereocenters. The minimum Gasteiger partial charge on any atom is -0.327 e. The fraction of sp³-hybridized carbons (Fsp3) is 0. The molecule has 1 amide bonds. The zero-order valence-corrected chi connectivity index (χ0v) is 12.8. The Balaban J connectivity index is 1.96. The lowest BCUT2D eigenvalue weighted by Gasteiger charge is -2.08. The second kappa shape index (κ2) is 7.43. The van der Waals surface area contributed by atoms with E-state index in [2.05, 4.69) is 10.6 Å². The van der Waals surface area contributed by atoms with Gasteiger partial charge in [-0.25, -0.2) is 0 Å². The Morgan fingerprint density at radius 3 is 2.73 bits per heavy atom. The van der Waals surface area contributed by atoms with Crippen molar-refractivity contribution in [1.29, 1.82) is 0 Å². The summed E-state index contributed by atoms with van der Waals surface area (Å²) in [6, 6.07) is 9.80. The molecule has 1 heterocycles. The number of nitrogens with zero attached hydrogens (tertiary/aromatic N) is 1. The quantitative estimate of drug-likeness (QED) is 0.388. The van der Waals surface area contributed by atoms with Gasteiger partial charge in [-0.15, -0.1) is 11.3 Å². The Bertz CT molecular complexity index is 727. The van der Waals surface area contributed by atoms with Gasteiger partial charge in [0.25, 0.3) is 5.69 Å². The van der Waals surface area contributed by atoms with E-state index in [-0.39, 0.29) is 16.5 Å². The Hall–Kier alpha value is -2.58. The number of nitro benzene ring substituents is 1. The molecule has 1 aromatic carbocycles. The number of rotatable bonds is 4. The minimum absolute atomic E-state index is 0.00451. The lowest BCUT2D eigenvalue weighted by molar-refractivity contribution is -0.383. The van der Waals surface area contributed by atoms with Gasteiger partial charge < -0.3 is 5.32 Å². The van der Waals surface area contributed by atoms with E-state index in [1.165, 1.54) is 29.5 Å². The fourth-order valence-electron chi connectivity index (χ4n) is 1.59. The van der Waals surface area contributed by atoms with Crippen molar-refractivity contribution < 1.29 is 9.72 Å². The van der Waals surface area contributed by atoms with Gasteiger partial charge in [-0.3, -0.25) is 20.2 Å². The minimum atomic E-state index is -0.524. The first-order valence-electron chi connectivity index (χ1n) is 6.13. The highest BCUT2D eigenvalue weighted by atomic mass is 32.1. The van der Waals surface area contributed by atoms with Crippen LogP contribution < -0.4 is 10.6 Å². The van der Waals surface area contributed by atoms with Crippen molar-refractivity contribution in [2.75, 3.05) is 5.32 Å². The van der Waals surface area contributed by atoms with E-state index in [9.17, 15) is 14.9 Å². The summed E-state index contributed by atoms with van der Waals surface area (Å²) in [7, 11) is 0. The first-order valence-corrected chi connectivity index (χ1v) is 7.42. The molecule has 2 N–H and O–H groups in total. The van der Waals surface area contributed by atoms with Gasteiger partial charge >= 0.3 is 0 Å². The van der Waals surface area contributed by atoms with E-state index in [0.29, 0.717) is 0 Å². The van der Waals surface area contributed by atoms with Crippen LogP contribution in [0.1, 0.15) is 4.88 Å². The van der Waals surface area contributed by atoms with E-state index in [1.807, 2.05) is 17.5 Å². The molecule has 0 radical (unpaired) electrons. The van der Waals surface area contributed by atoms with Gasteiger partial charge in [0, 0.05) is 17.0 Å². The van der Waals surface area contributed by atoms with Crippen molar-refractivity contribution >= 4 is 52.0 Å². The smallest absolute Gasteiger partial charge is 0.292 e. The second-order valence-electron chi connectivity index (χ2n) is 4.07. The molecule has 112 valence electrons. The standard InChI is InChI=1S/C14H11N3O3S2/c18-13(8-7-10-4-3-9-22-10)16-14(21)15-11-5-1-2-6-12(11)17(19)20/h1-9H,(H2,15,16,18,21)/b8-7+. The summed E-state index contributed by atoms with van der Waals surface area (Å²) >= 11 is 6.48. The maximum absolute atomic E-state index is 11.7. The molecule has 0 aliphatic heterocycles. The average Bonchev–Trinajstić information content (AvgIpc) is 2.98. The third-order valence-corrected chi connectivity index (χ3v) is 3.57. The van der Waals surface area contributed by atoms with Crippen LogP contribution in [0.25, 0.3) is 6.08 Å². The summed E-state index contributed by atoms with van der Waals surface area (Å²) in [5, 5.41) is 17.9. The number of hydrogen-bond acceptors (Lipinski definition) is 5. The number of thiocarbonyl (C=S) groups is 1. The second-order valence-corrected chi connectivity index (χ2v) is 5.45. The SMILES string of the molecule is O=C(/C=C/c1cccs1)NC(=S)Nc1ccccc1[N+](=O)[O-]. The maximum atomic E-state index is 11.7. The molecule has 2 aromatic rings. The van der Waals surface area contributed by atoms with Crippen LogP contribution in [-0.4, -0.2) is 15.9 Å². The molecule has 0 unspecified atom stereocenters. The molecule has 0 saturated carbocycles. The molecule has 8 heteroatoms. The number of carbonyl (C=O) groups excluding carboxylic acids is 1. The summed E-state index contributed by atoms with van der Waals surface area (Å²) in [6.07, 6.45) is 3.01. The fourth-order valence-corrected chi connectivity index (χ4v) is 2.42. The normalized spacial score (nSPS) is 10.4. The number of nitrogens with one attached hydrogen (secondary N) is 2. The van der Waals surface area contributed by atoms with E-state index in [4.69, 9.17) is 12.2 Å². The van der Waals surface area contributed by atoms with Crippen molar-refractivity contribution in [3.8, 4) is 0 Å². The predicted molar refractivity (Wildman–Crippen MR) is 90.8 cm³/mol. The molecular weight excluding hydrogens is 322 g/mol. The summed E-state index contributed by atoms with van der Waals surface area (Å²) in [6.45, 7) is 0. The van der Waals surface area contributed by atoms with Crippen LogP contribution >= 0.6 is 23.6 Å². The van der Waals surface area contributed by atoms with Crippen molar-refractivity contribution in [2.45, 2.75) is 0 Å². The monoisotopic (exact) mass is 333 g/mol. The van der Waals surface area contributed by atoms with Crippen molar-refractivity contribution in [2.24, 2.45) is 0 Å². The number of anilines is 1. The van der Waals surface area contributed by atoms with Gasteiger partial charge in [-0.1, -0.05) is 18.2 Å². The zero-order chi connectivity index (χ0) is 15.9. The molecule has 6 nitrogen and oxygen atoms in total. The Labute approximate surface area is 135 Å². The molecule has 1 aromatic heterocycles. The van der Waals surface area contributed by atoms with Crippen LogP contribution in [0.4, 0.5) is 11.4 Å². The van der Waals surface area contributed by atoms with E-state index in [1.54, 1.807) is 18.2 Å².